The maximum Gasteiger partial charge on any atom is 0.354 e. The van der Waals surface area contributed by atoms with Crippen molar-refractivity contribution in [1.29, 1.82) is 0 Å². The number of nitrogens with zero attached hydrogens (tertiary/aromatic N) is 2. The quantitative estimate of drug-likeness (QED) is 0.901. The number of hydrogen-bond acceptors (Lipinski definition) is 3. The monoisotopic (exact) mass is 323 g/mol. The van der Waals surface area contributed by atoms with Gasteiger partial charge in [-0.15, -0.1) is 0 Å². The Morgan fingerprint density at radius 1 is 1.37 bits per heavy atom. The second-order valence-electron chi connectivity index (χ2n) is 3.74. The zero-order chi connectivity index (χ0) is 13.8. The lowest BCUT2D eigenvalue weighted by Gasteiger charge is -2.07. The van der Waals surface area contributed by atoms with Crippen molar-refractivity contribution in [2.45, 2.75) is 6.54 Å². The molecule has 0 saturated carbocycles. The van der Waals surface area contributed by atoms with Crippen molar-refractivity contribution in [2.24, 2.45) is 0 Å². The number of aromatic nitrogens is 2. The van der Waals surface area contributed by atoms with Gasteiger partial charge in [-0.25, -0.2) is 9.48 Å². The van der Waals surface area contributed by atoms with Crippen LogP contribution in [0.15, 0.2) is 41.0 Å². The second-order valence-corrected chi connectivity index (χ2v) is 4.65. The number of benzene rings is 1. The summed E-state index contributed by atoms with van der Waals surface area (Å²) in [5.74, 6) is -1.46. The van der Waals surface area contributed by atoms with E-state index in [1.807, 2.05) is 6.07 Å². The summed E-state index contributed by atoms with van der Waals surface area (Å²) in [4.78, 5) is 22.7. The number of amides is 1. The highest BCUT2D eigenvalue weighted by atomic mass is 79.9. The number of aromatic carboxylic acids is 1. The highest BCUT2D eigenvalue weighted by molar-refractivity contribution is 9.10. The van der Waals surface area contributed by atoms with Gasteiger partial charge in [0.25, 0.3) is 0 Å². The van der Waals surface area contributed by atoms with E-state index in [4.69, 9.17) is 5.11 Å². The topological polar surface area (TPSA) is 84.2 Å². The molecule has 7 heteroatoms. The smallest absolute Gasteiger partial charge is 0.354 e. The van der Waals surface area contributed by atoms with Gasteiger partial charge in [0.2, 0.25) is 5.91 Å². The molecular formula is C12H10BrN3O3. The van der Waals surface area contributed by atoms with Gasteiger partial charge in [-0.05, 0) is 24.3 Å². The van der Waals surface area contributed by atoms with Gasteiger partial charge < -0.3 is 10.4 Å². The van der Waals surface area contributed by atoms with E-state index in [1.165, 1.54) is 12.3 Å². The first-order valence-corrected chi connectivity index (χ1v) is 6.16. The average Bonchev–Trinajstić information content (AvgIpc) is 2.76. The zero-order valence-electron chi connectivity index (χ0n) is 9.71. The molecule has 0 saturated heterocycles. The van der Waals surface area contributed by atoms with Gasteiger partial charge in [0, 0.05) is 16.4 Å². The molecule has 1 amide bonds. The van der Waals surface area contributed by atoms with Crippen LogP contribution in [-0.4, -0.2) is 26.8 Å². The predicted octanol–water partition coefficient (Wildman–Crippen LogP) is 1.98. The number of carboxylic acids is 1. The predicted molar refractivity (Wildman–Crippen MR) is 72.0 cm³/mol. The molecule has 2 aromatic rings. The Labute approximate surface area is 117 Å². The van der Waals surface area contributed by atoms with Crippen molar-refractivity contribution in [3.63, 3.8) is 0 Å². The molecule has 0 bridgehead atoms. The summed E-state index contributed by atoms with van der Waals surface area (Å²) < 4.78 is 1.98. The SMILES string of the molecule is O=C(Cn1nccc1C(=O)O)Nc1cccc(Br)c1. The maximum absolute atomic E-state index is 11.8. The minimum atomic E-state index is -1.12. The van der Waals surface area contributed by atoms with Crippen LogP contribution in [0.4, 0.5) is 5.69 Å². The van der Waals surface area contributed by atoms with E-state index in [1.54, 1.807) is 18.2 Å². The first-order valence-electron chi connectivity index (χ1n) is 5.37. The third kappa shape index (κ3) is 3.41. The summed E-state index contributed by atoms with van der Waals surface area (Å²) >= 11 is 3.30. The van der Waals surface area contributed by atoms with Crippen LogP contribution in [0.2, 0.25) is 0 Å². The molecule has 0 fully saturated rings. The van der Waals surface area contributed by atoms with Gasteiger partial charge in [-0.2, -0.15) is 5.10 Å². The van der Waals surface area contributed by atoms with Crippen molar-refractivity contribution in [3.05, 3.63) is 46.7 Å². The van der Waals surface area contributed by atoms with Gasteiger partial charge in [0.1, 0.15) is 12.2 Å². The molecule has 0 spiro atoms. The van der Waals surface area contributed by atoms with Crippen LogP contribution in [0.5, 0.6) is 0 Å². The van der Waals surface area contributed by atoms with E-state index >= 15 is 0 Å². The van der Waals surface area contributed by atoms with Crippen LogP contribution in [0.1, 0.15) is 10.5 Å². The number of hydrogen-bond donors (Lipinski definition) is 2. The van der Waals surface area contributed by atoms with E-state index in [2.05, 4.69) is 26.3 Å². The van der Waals surface area contributed by atoms with Gasteiger partial charge >= 0.3 is 5.97 Å². The Balaban J connectivity index is 2.05. The number of carboxylic acid groups (broad SMARTS) is 1. The molecule has 0 radical (unpaired) electrons. The Hall–Kier alpha value is -2.15. The Kier molecular flexibility index (Phi) is 3.96. The van der Waals surface area contributed by atoms with Crippen LogP contribution < -0.4 is 5.32 Å². The summed E-state index contributed by atoms with van der Waals surface area (Å²) in [6.45, 7) is -0.152. The number of anilines is 1. The fraction of sp³-hybridized carbons (Fsp3) is 0.0833. The standard InChI is InChI=1S/C12H10BrN3O3/c13-8-2-1-3-9(6-8)15-11(17)7-16-10(12(18)19)4-5-14-16/h1-6H,7H2,(H,15,17)(H,18,19). The van der Waals surface area contributed by atoms with E-state index < -0.39 is 5.97 Å². The van der Waals surface area contributed by atoms with Crippen molar-refractivity contribution < 1.29 is 14.7 Å². The summed E-state index contributed by atoms with van der Waals surface area (Å²) in [5.41, 5.74) is 0.604. The summed E-state index contributed by atoms with van der Waals surface area (Å²) in [6.07, 6.45) is 1.34. The fourth-order valence-electron chi connectivity index (χ4n) is 1.54. The summed E-state index contributed by atoms with van der Waals surface area (Å²) in [5, 5.41) is 15.4. The average molecular weight is 324 g/mol. The molecular weight excluding hydrogens is 314 g/mol. The molecule has 19 heavy (non-hydrogen) atoms. The van der Waals surface area contributed by atoms with E-state index in [0.29, 0.717) is 5.69 Å². The lowest BCUT2D eigenvalue weighted by atomic mass is 10.3. The largest absolute Gasteiger partial charge is 0.477 e. The van der Waals surface area contributed by atoms with Crippen LogP contribution in [0.25, 0.3) is 0 Å². The number of nitrogens with one attached hydrogen (secondary N) is 1. The molecule has 0 unspecified atom stereocenters. The van der Waals surface area contributed by atoms with Crippen molar-refractivity contribution >= 4 is 33.5 Å². The first kappa shape index (κ1) is 13.3. The number of halogens is 1. The second kappa shape index (κ2) is 5.66. The van der Waals surface area contributed by atoms with Gasteiger partial charge in [0.05, 0.1) is 0 Å². The van der Waals surface area contributed by atoms with Gasteiger partial charge in [-0.1, -0.05) is 22.0 Å². The van der Waals surface area contributed by atoms with Crippen LogP contribution in [0, 0.1) is 0 Å². The molecule has 2 rings (SSSR count). The van der Waals surface area contributed by atoms with Crippen LogP contribution in [0.3, 0.4) is 0 Å². The summed E-state index contributed by atoms with van der Waals surface area (Å²) in [7, 11) is 0. The van der Waals surface area contributed by atoms with Gasteiger partial charge in [-0.3, -0.25) is 4.79 Å². The van der Waals surface area contributed by atoms with E-state index in [0.717, 1.165) is 9.15 Å². The van der Waals surface area contributed by atoms with Crippen molar-refractivity contribution in [2.75, 3.05) is 5.32 Å². The Bertz CT molecular complexity index is 624. The number of rotatable bonds is 4. The molecule has 0 aliphatic carbocycles. The lowest BCUT2D eigenvalue weighted by molar-refractivity contribution is -0.116. The lowest BCUT2D eigenvalue weighted by Crippen LogP contribution is -2.22. The van der Waals surface area contributed by atoms with E-state index in [9.17, 15) is 9.59 Å². The van der Waals surface area contributed by atoms with Crippen LogP contribution >= 0.6 is 15.9 Å². The Morgan fingerprint density at radius 2 is 2.16 bits per heavy atom. The fourth-order valence-corrected chi connectivity index (χ4v) is 1.94. The zero-order valence-corrected chi connectivity index (χ0v) is 11.3. The summed E-state index contributed by atoms with van der Waals surface area (Å²) in [6, 6.07) is 8.46. The third-order valence-electron chi connectivity index (χ3n) is 2.34. The molecule has 0 atom stereocenters. The highest BCUT2D eigenvalue weighted by Gasteiger charge is 2.13. The molecule has 1 aromatic carbocycles. The highest BCUT2D eigenvalue weighted by Crippen LogP contribution is 2.15. The third-order valence-corrected chi connectivity index (χ3v) is 2.83. The molecule has 1 aromatic heterocycles. The Morgan fingerprint density at radius 3 is 2.84 bits per heavy atom. The molecule has 98 valence electrons. The molecule has 6 nitrogen and oxygen atoms in total. The minimum absolute atomic E-state index is 0.0237. The minimum Gasteiger partial charge on any atom is -0.477 e. The number of carbonyl (C=O) groups is 2. The van der Waals surface area contributed by atoms with Crippen molar-refractivity contribution in [3.8, 4) is 0 Å². The van der Waals surface area contributed by atoms with Gasteiger partial charge in [0.15, 0.2) is 0 Å². The first-order chi connectivity index (χ1) is 9.06. The van der Waals surface area contributed by atoms with Crippen LogP contribution in [-0.2, 0) is 11.3 Å². The molecule has 0 aliphatic rings. The molecule has 0 aliphatic heterocycles. The van der Waals surface area contributed by atoms with E-state index in [-0.39, 0.29) is 18.1 Å². The van der Waals surface area contributed by atoms with Crippen molar-refractivity contribution in [1.82, 2.24) is 9.78 Å². The number of carbonyl (C=O) groups excluding carboxylic acids is 1. The maximum atomic E-state index is 11.8. The molecule has 1 heterocycles. The normalized spacial score (nSPS) is 10.2. The molecule has 2 N–H and O–H groups in total.